The first kappa shape index (κ1) is 13.4. The third-order valence-corrected chi connectivity index (χ3v) is 3.57. The highest BCUT2D eigenvalue weighted by Crippen LogP contribution is 2.25. The quantitative estimate of drug-likeness (QED) is 0.509. The summed E-state index contributed by atoms with van der Waals surface area (Å²) < 4.78 is 0. The molecule has 16 heavy (non-hydrogen) atoms. The van der Waals surface area contributed by atoms with Crippen LogP contribution in [0.15, 0.2) is 0 Å². The standard InChI is InChI=1S/C14H24O2/c15-12-4-2-1-3-7-13-8-5-10-14(16)11-6-9-13/h12-13H,1-11H2. The predicted molar refractivity (Wildman–Crippen MR) is 65.3 cm³/mol. The lowest BCUT2D eigenvalue weighted by molar-refractivity contribution is -0.119. The van der Waals surface area contributed by atoms with E-state index in [9.17, 15) is 9.59 Å². The first-order chi connectivity index (χ1) is 7.83. The van der Waals surface area contributed by atoms with Crippen LogP contribution in [0.5, 0.6) is 0 Å². The van der Waals surface area contributed by atoms with Gasteiger partial charge in [0.1, 0.15) is 12.1 Å². The summed E-state index contributed by atoms with van der Waals surface area (Å²) in [4.78, 5) is 21.4. The van der Waals surface area contributed by atoms with E-state index in [2.05, 4.69) is 0 Å². The van der Waals surface area contributed by atoms with Gasteiger partial charge in [0.2, 0.25) is 0 Å². The Balaban J connectivity index is 2.06. The minimum Gasteiger partial charge on any atom is -0.303 e. The molecule has 1 saturated carbocycles. The molecule has 2 heteroatoms. The highest BCUT2D eigenvalue weighted by atomic mass is 16.1. The number of carbonyl (C=O) groups excluding carboxylic acids is 2. The fourth-order valence-corrected chi connectivity index (χ4v) is 2.57. The van der Waals surface area contributed by atoms with Crippen molar-refractivity contribution in [3.05, 3.63) is 0 Å². The Morgan fingerprint density at radius 2 is 1.75 bits per heavy atom. The molecule has 1 rings (SSSR count). The smallest absolute Gasteiger partial charge is 0.132 e. The summed E-state index contributed by atoms with van der Waals surface area (Å²) >= 11 is 0. The number of unbranched alkanes of at least 4 members (excludes halogenated alkanes) is 3. The summed E-state index contributed by atoms with van der Waals surface area (Å²) in [7, 11) is 0. The Hall–Kier alpha value is -0.660. The lowest BCUT2D eigenvalue weighted by atomic mass is 9.87. The molecule has 0 aromatic carbocycles. The molecule has 0 aromatic rings. The van der Waals surface area contributed by atoms with Crippen molar-refractivity contribution in [1.82, 2.24) is 0 Å². The Kier molecular flexibility index (Phi) is 7.11. The molecule has 0 atom stereocenters. The molecule has 92 valence electrons. The van der Waals surface area contributed by atoms with E-state index in [-0.39, 0.29) is 0 Å². The molecule has 1 fully saturated rings. The maximum atomic E-state index is 11.2. The zero-order valence-corrected chi connectivity index (χ0v) is 10.2. The van der Waals surface area contributed by atoms with Crippen LogP contribution in [0.4, 0.5) is 0 Å². The molecule has 1 aliphatic carbocycles. The third kappa shape index (κ3) is 6.04. The van der Waals surface area contributed by atoms with E-state index in [1.165, 1.54) is 32.1 Å². The number of carbonyl (C=O) groups is 2. The Morgan fingerprint density at radius 3 is 2.38 bits per heavy atom. The van der Waals surface area contributed by atoms with Gasteiger partial charge in [-0.3, -0.25) is 4.79 Å². The second-order valence-electron chi connectivity index (χ2n) is 4.99. The molecule has 0 radical (unpaired) electrons. The molecule has 0 N–H and O–H groups in total. The first-order valence-corrected chi connectivity index (χ1v) is 6.78. The Bertz CT molecular complexity index is 199. The van der Waals surface area contributed by atoms with Gasteiger partial charge in [-0.2, -0.15) is 0 Å². The summed E-state index contributed by atoms with van der Waals surface area (Å²) in [6, 6.07) is 0. The van der Waals surface area contributed by atoms with Crippen molar-refractivity contribution in [2.45, 2.75) is 70.6 Å². The van der Waals surface area contributed by atoms with Crippen LogP contribution >= 0.6 is 0 Å². The topological polar surface area (TPSA) is 34.1 Å². The normalized spacial score (nSPS) is 19.1. The zero-order chi connectivity index (χ0) is 11.6. The SMILES string of the molecule is O=CCCCCCC1CCCC(=O)CCC1. The molecule has 0 unspecified atom stereocenters. The van der Waals surface area contributed by atoms with E-state index in [1.807, 2.05) is 0 Å². The van der Waals surface area contributed by atoms with Crippen LogP contribution in [-0.2, 0) is 9.59 Å². The summed E-state index contributed by atoms with van der Waals surface area (Å²) in [6.45, 7) is 0. The van der Waals surface area contributed by atoms with E-state index < -0.39 is 0 Å². The van der Waals surface area contributed by atoms with Crippen molar-refractivity contribution >= 4 is 12.1 Å². The van der Waals surface area contributed by atoms with Crippen LogP contribution < -0.4 is 0 Å². The van der Waals surface area contributed by atoms with Crippen LogP contribution in [0.3, 0.4) is 0 Å². The van der Waals surface area contributed by atoms with Crippen molar-refractivity contribution in [3.8, 4) is 0 Å². The number of hydrogen-bond donors (Lipinski definition) is 0. The average Bonchev–Trinajstić information content (AvgIpc) is 2.25. The van der Waals surface area contributed by atoms with Crippen LogP contribution in [0, 0.1) is 5.92 Å². The van der Waals surface area contributed by atoms with Gasteiger partial charge < -0.3 is 4.79 Å². The second kappa shape index (κ2) is 8.49. The van der Waals surface area contributed by atoms with E-state index >= 15 is 0 Å². The number of ketones is 1. The van der Waals surface area contributed by atoms with E-state index in [4.69, 9.17) is 0 Å². The molecule has 0 heterocycles. The predicted octanol–water partition coefficient (Wildman–Crippen LogP) is 3.68. The summed E-state index contributed by atoms with van der Waals surface area (Å²) in [5.41, 5.74) is 0. The van der Waals surface area contributed by atoms with Crippen molar-refractivity contribution in [2.24, 2.45) is 5.92 Å². The molecular weight excluding hydrogens is 200 g/mol. The first-order valence-electron chi connectivity index (χ1n) is 6.78. The van der Waals surface area contributed by atoms with Gasteiger partial charge in [0.05, 0.1) is 0 Å². The number of Topliss-reactive ketones (excluding diaryl/α,β-unsaturated/α-hetero) is 1. The average molecular weight is 224 g/mol. The summed E-state index contributed by atoms with van der Waals surface area (Å²) in [5.74, 6) is 1.30. The largest absolute Gasteiger partial charge is 0.303 e. The minimum atomic E-state index is 0.462. The van der Waals surface area contributed by atoms with Crippen LogP contribution in [0.1, 0.15) is 70.6 Å². The molecule has 0 aromatic heterocycles. The molecular formula is C14H24O2. The number of aldehydes is 1. The zero-order valence-electron chi connectivity index (χ0n) is 10.2. The van der Waals surface area contributed by atoms with Gasteiger partial charge >= 0.3 is 0 Å². The fourth-order valence-electron chi connectivity index (χ4n) is 2.57. The van der Waals surface area contributed by atoms with Crippen molar-refractivity contribution in [1.29, 1.82) is 0 Å². The van der Waals surface area contributed by atoms with Gasteiger partial charge in [0, 0.05) is 19.3 Å². The van der Waals surface area contributed by atoms with E-state index in [1.54, 1.807) is 0 Å². The molecule has 0 bridgehead atoms. The van der Waals surface area contributed by atoms with Gasteiger partial charge in [-0.25, -0.2) is 0 Å². The van der Waals surface area contributed by atoms with Crippen molar-refractivity contribution in [2.75, 3.05) is 0 Å². The molecule has 0 amide bonds. The van der Waals surface area contributed by atoms with Crippen LogP contribution in [0.2, 0.25) is 0 Å². The van der Waals surface area contributed by atoms with E-state index in [0.717, 1.165) is 50.7 Å². The van der Waals surface area contributed by atoms with Gasteiger partial charge in [-0.05, 0) is 25.2 Å². The molecule has 0 spiro atoms. The van der Waals surface area contributed by atoms with Gasteiger partial charge in [0.25, 0.3) is 0 Å². The summed E-state index contributed by atoms with van der Waals surface area (Å²) in [6.07, 6.45) is 12.8. The highest BCUT2D eigenvalue weighted by molar-refractivity contribution is 5.78. The number of rotatable bonds is 6. The second-order valence-corrected chi connectivity index (χ2v) is 4.99. The lowest BCUT2D eigenvalue weighted by Gasteiger charge is -2.18. The fraction of sp³-hybridized carbons (Fsp3) is 0.857. The van der Waals surface area contributed by atoms with Gasteiger partial charge in [-0.15, -0.1) is 0 Å². The van der Waals surface area contributed by atoms with Gasteiger partial charge in [0.15, 0.2) is 0 Å². The summed E-state index contributed by atoms with van der Waals surface area (Å²) in [5, 5.41) is 0. The lowest BCUT2D eigenvalue weighted by Crippen LogP contribution is -2.08. The molecule has 1 aliphatic rings. The Labute approximate surface area is 98.8 Å². The molecule has 2 nitrogen and oxygen atoms in total. The van der Waals surface area contributed by atoms with Crippen LogP contribution in [0.25, 0.3) is 0 Å². The van der Waals surface area contributed by atoms with Crippen molar-refractivity contribution < 1.29 is 9.59 Å². The van der Waals surface area contributed by atoms with Crippen molar-refractivity contribution in [3.63, 3.8) is 0 Å². The van der Waals surface area contributed by atoms with E-state index in [0.29, 0.717) is 5.78 Å². The van der Waals surface area contributed by atoms with Gasteiger partial charge in [-0.1, -0.05) is 32.1 Å². The highest BCUT2D eigenvalue weighted by Gasteiger charge is 2.14. The molecule has 0 aliphatic heterocycles. The maximum absolute atomic E-state index is 11.2. The Morgan fingerprint density at radius 1 is 1.06 bits per heavy atom. The minimum absolute atomic E-state index is 0.462. The monoisotopic (exact) mass is 224 g/mol. The third-order valence-electron chi connectivity index (χ3n) is 3.57. The maximum Gasteiger partial charge on any atom is 0.132 e. The van der Waals surface area contributed by atoms with Crippen LogP contribution in [-0.4, -0.2) is 12.1 Å². The number of hydrogen-bond acceptors (Lipinski definition) is 2. The molecule has 0 saturated heterocycles.